The van der Waals surface area contributed by atoms with Crippen LogP contribution in [-0.2, 0) is 21.0 Å². The molecule has 0 aliphatic rings. The van der Waals surface area contributed by atoms with E-state index < -0.39 is 0 Å². The highest BCUT2D eigenvalue weighted by Gasteiger charge is 2.16. The van der Waals surface area contributed by atoms with Crippen molar-refractivity contribution in [2.24, 2.45) is 5.16 Å². The van der Waals surface area contributed by atoms with E-state index in [0.717, 1.165) is 39.3 Å². The van der Waals surface area contributed by atoms with Crippen LogP contribution in [0.5, 0.6) is 5.75 Å². The minimum Gasteiger partial charge on any atom is -0.489 e. The van der Waals surface area contributed by atoms with E-state index in [0.29, 0.717) is 18.8 Å². The van der Waals surface area contributed by atoms with Crippen molar-refractivity contribution in [3.8, 4) is 5.75 Å². The predicted octanol–water partition coefficient (Wildman–Crippen LogP) is 5.22. The molecule has 0 aliphatic heterocycles. The summed E-state index contributed by atoms with van der Waals surface area (Å²) in [4.78, 5) is 17.3. The SMILES string of the molecule is CC=C(C(=O)OC)c1ccccc1COc1cc(C)c(/C(C)=N\OCC)cc1C. The number of aryl methyl sites for hydroxylation is 2. The van der Waals surface area contributed by atoms with Gasteiger partial charge in [0.25, 0.3) is 0 Å². The predicted molar refractivity (Wildman–Crippen MR) is 116 cm³/mol. The van der Waals surface area contributed by atoms with E-state index in [1.165, 1.54) is 7.11 Å². The number of oxime groups is 1. The standard InChI is InChI=1S/C24H29NO4/c1-7-20(24(26)27-6)21-12-10-9-11-19(21)15-28-23-14-16(3)22(13-17(23)4)18(5)25-29-8-2/h7,9-14H,8,15H2,1-6H3/b20-7?,25-18-. The van der Waals surface area contributed by atoms with Crippen molar-refractivity contribution < 1.29 is 19.1 Å². The lowest BCUT2D eigenvalue weighted by molar-refractivity contribution is -0.133. The van der Waals surface area contributed by atoms with Gasteiger partial charge in [0.15, 0.2) is 0 Å². The molecule has 0 unspecified atom stereocenters. The first kappa shape index (κ1) is 22.2. The summed E-state index contributed by atoms with van der Waals surface area (Å²) in [6, 6.07) is 11.8. The van der Waals surface area contributed by atoms with Crippen LogP contribution in [0.4, 0.5) is 0 Å². The van der Waals surface area contributed by atoms with Crippen LogP contribution in [0.15, 0.2) is 47.6 Å². The number of allylic oxidation sites excluding steroid dienone is 1. The summed E-state index contributed by atoms with van der Waals surface area (Å²) in [6.45, 7) is 10.6. The number of rotatable bonds is 8. The van der Waals surface area contributed by atoms with Gasteiger partial charge in [0.1, 0.15) is 19.0 Å². The van der Waals surface area contributed by atoms with E-state index in [2.05, 4.69) is 11.2 Å². The van der Waals surface area contributed by atoms with Crippen molar-refractivity contribution in [1.82, 2.24) is 0 Å². The third kappa shape index (κ3) is 5.47. The first-order valence-corrected chi connectivity index (χ1v) is 9.66. The van der Waals surface area contributed by atoms with Crippen LogP contribution < -0.4 is 4.74 Å². The van der Waals surface area contributed by atoms with Crippen molar-refractivity contribution in [3.63, 3.8) is 0 Å². The van der Waals surface area contributed by atoms with Crippen LogP contribution >= 0.6 is 0 Å². The molecule has 0 aromatic heterocycles. The van der Waals surface area contributed by atoms with Crippen LogP contribution in [0.3, 0.4) is 0 Å². The number of esters is 1. The Kier molecular flexibility index (Phi) is 8.01. The molecule has 0 heterocycles. The number of benzene rings is 2. The Morgan fingerprint density at radius 1 is 1.10 bits per heavy atom. The second-order valence-electron chi connectivity index (χ2n) is 6.67. The molecule has 0 saturated carbocycles. The average Bonchev–Trinajstić information content (AvgIpc) is 2.73. The number of carbonyl (C=O) groups excluding carboxylic acids is 1. The quantitative estimate of drug-likeness (QED) is 0.266. The molecule has 0 bridgehead atoms. The summed E-state index contributed by atoms with van der Waals surface area (Å²) >= 11 is 0. The van der Waals surface area contributed by atoms with Crippen LogP contribution in [0, 0.1) is 13.8 Å². The Labute approximate surface area is 173 Å². The average molecular weight is 395 g/mol. The van der Waals surface area contributed by atoms with E-state index in [1.54, 1.807) is 6.08 Å². The maximum absolute atomic E-state index is 12.1. The lowest BCUT2D eigenvalue weighted by Gasteiger charge is -2.16. The number of carbonyl (C=O) groups is 1. The maximum Gasteiger partial charge on any atom is 0.338 e. The second-order valence-corrected chi connectivity index (χ2v) is 6.67. The van der Waals surface area contributed by atoms with Gasteiger partial charge >= 0.3 is 5.97 Å². The van der Waals surface area contributed by atoms with Gasteiger partial charge in [-0.15, -0.1) is 0 Å². The molecular weight excluding hydrogens is 366 g/mol. The molecule has 29 heavy (non-hydrogen) atoms. The number of hydrogen-bond donors (Lipinski definition) is 0. The molecule has 0 N–H and O–H groups in total. The molecule has 0 atom stereocenters. The van der Waals surface area contributed by atoms with Gasteiger partial charge in [-0.05, 0) is 69.0 Å². The molecule has 0 aliphatic carbocycles. The molecule has 0 spiro atoms. The molecule has 5 nitrogen and oxygen atoms in total. The fourth-order valence-electron chi connectivity index (χ4n) is 3.10. The van der Waals surface area contributed by atoms with Crippen LogP contribution in [0.2, 0.25) is 0 Å². The lowest BCUT2D eigenvalue weighted by Crippen LogP contribution is -2.08. The molecule has 0 amide bonds. The van der Waals surface area contributed by atoms with E-state index in [4.69, 9.17) is 14.3 Å². The van der Waals surface area contributed by atoms with E-state index in [9.17, 15) is 4.79 Å². The smallest absolute Gasteiger partial charge is 0.338 e. The van der Waals surface area contributed by atoms with E-state index in [-0.39, 0.29) is 5.97 Å². The van der Waals surface area contributed by atoms with Gasteiger partial charge in [-0.2, -0.15) is 0 Å². The molecule has 5 heteroatoms. The number of methoxy groups -OCH3 is 1. The summed E-state index contributed by atoms with van der Waals surface area (Å²) in [6.07, 6.45) is 1.76. The van der Waals surface area contributed by atoms with Crippen molar-refractivity contribution in [3.05, 3.63) is 70.3 Å². The van der Waals surface area contributed by atoms with Gasteiger partial charge in [-0.3, -0.25) is 0 Å². The molecule has 0 fully saturated rings. The van der Waals surface area contributed by atoms with E-state index in [1.807, 2.05) is 65.0 Å². The van der Waals surface area contributed by atoms with Gasteiger partial charge in [0, 0.05) is 5.56 Å². The summed E-state index contributed by atoms with van der Waals surface area (Å²) in [5, 5.41) is 4.13. The van der Waals surface area contributed by atoms with Gasteiger partial charge in [-0.25, -0.2) is 4.79 Å². The van der Waals surface area contributed by atoms with Gasteiger partial charge in [0.2, 0.25) is 0 Å². The van der Waals surface area contributed by atoms with Gasteiger partial charge in [-0.1, -0.05) is 35.5 Å². The zero-order valence-corrected chi connectivity index (χ0v) is 18.0. The van der Waals surface area contributed by atoms with Crippen molar-refractivity contribution in [2.45, 2.75) is 41.2 Å². The largest absolute Gasteiger partial charge is 0.489 e. The number of nitrogens with zero attached hydrogens (tertiary/aromatic N) is 1. The van der Waals surface area contributed by atoms with E-state index >= 15 is 0 Å². The third-order valence-corrected chi connectivity index (χ3v) is 4.63. The van der Waals surface area contributed by atoms with Crippen molar-refractivity contribution in [2.75, 3.05) is 13.7 Å². The van der Waals surface area contributed by atoms with Crippen molar-refractivity contribution in [1.29, 1.82) is 0 Å². The first-order chi connectivity index (χ1) is 13.9. The Hall–Kier alpha value is -3.08. The first-order valence-electron chi connectivity index (χ1n) is 9.66. The molecule has 2 aromatic carbocycles. The third-order valence-electron chi connectivity index (χ3n) is 4.63. The van der Waals surface area contributed by atoms with Crippen LogP contribution in [0.1, 0.15) is 48.6 Å². The maximum atomic E-state index is 12.1. The minimum atomic E-state index is -0.361. The second kappa shape index (κ2) is 10.5. The Bertz CT molecular complexity index is 928. The summed E-state index contributed by atoms with van der Waals surface area (Å²) in [5.74, 6) is 0.436. The Balaban J connectivity index is 2.27. The number of hydrogen-bond acceptors (Lipinski definition) is 5. The Morgan fingerprint density at radius 3 is 2.48 bits per heavy atom. The molecule has 0 saturated heterocycles. The molecule has 154 valence electrons. The molecular formula is C24H29NO4. The van der Waals surface area contributed by atoms with Crippen molar-refractivity contribution >= 4 is 17.3 Å². The van der Waals surface area contributed by atoms with Crippen LogP contribution in [0.25, 0.3) is 5.57 Å². The molecule has 2 aromatic rings. The topological polar surface area (TPSA) is 57.1 Å². The zero-order valence-electron chi connectivity index (χ0n) is 18.0. The van der Waals surface area contributed by atoms with Gasteiger partial charge in [0.05, 0.1) is 18.4 Å². The summed E-state index contributed by atoms with van der Waals surface area (Å²) in [5.41, 5.74) is 6.19. The normalized spacial score (nSPS) is 11.9. The summed E-state index contributed by atoms with van der Waals surface area (Å²) < 4.78 is 11.0. The zero-order chi connectivity index (χ0) is 21.4. The van der Waals surface area contributed by atoms with Crippen LogP contribution in [-0.4, -0.2) is 25.4 Å². The lowest BCUT2D eigenvalue weighted by atomic mass is 9.99. The highest BCUT2D eigenvalue weighted by Crippen LogP contribution is 2.26. The number of ether oxygens (including phenoxy) is 2. The molecule has 0 radical (unpaired) electrons. The monoisotopic (exact) mass is 395 g/mol. The fourth-order valence-corrected chi connectivity index (χ4v) is 3.10. The summed E-state index contributed by atoms with van der Waals surface area (Å²) in [7, 11) is 1.38. The highest BCUT2D eigenvalue weighted by atomic mass is 16.6. The van der Waals surface area contributed by atoms with Gasteiger partial charge < -0.3 is 14.3 Å². The highest BCUT2D eigenvalue weighted by molar-refractivity contribution is 6.16. The minimum absolute atomic E-state index is 0.343. The molecule has 2 rings (SSSR count). The fraction of sp³-hybridized carbons (Fsp3) is 0.333. The Morgan fingerprint density at radius 2 is 1.83 bits per heavy atom.